The molecule has 0 aliphatic heterocycles. The first kappa shape index (κ1) is 73.9. The Morgan fingerprint density at radius 2 is 0.400 bits per heavy atom. The number of aromatic nitrogens is 2. The minimum Gasteiger partial charge on any atom is -0.872 e. The van der Waals surface area contributed by atoms with Crippen LogP contribution in [0.15, 0.2) is 158 Å². The smallest absolute Gasteiger partial charge is 0.872 e. The molecule has 2 aromatic heterocycles. The second-order valence-electron chi connectivity index (χ2n) is 26.7. The third-order valence-electron chi connectivity index (χ3n) is 17.1. The number of rotatable bonds is 20. The summed E-state index contributed by atoms with van der Waals surface area (Å²) in [5.74, 6) is 2.84. The summed E-state index contributed by atoms with van der Waals surface area (Å²) >= 11 is 0. The van der Waals surface area contributed by atoms with Gasteiger partial charge in [-0.2, -0.15) is 0 Å². The standard InChI is InChI=1S/2C33H47N3.C14H10O2.2Co/c2*1-20(2)26-14-11-15-27(21(3)4)32(26)34-24(9)30-18-13-19-31(36-30)25(10)35-33-28(22(5)6)16-12-17-29(33)23(7)8;15-13-11-7-3-1-5-9(11)10-6-2-4-8-12(10)14(13)16;;/h2*11-25,34-35H,1-10H3;1-8,15-16H;;/q;;;2*+1/p-2. The van der Waals surface area contributed by atoms with Gasteiger partial charge < -0.3 is 31.5 Å². The number of pyridine rings is 2. The van der Waals surface area contributed by atoms with Gasteiger partial charge in [0.2, 0.25) is 0 Å². The van der Waals surface area contributed by atoms with Crippen molar-refractivity contribution in [2.75, 3.05) is 21.3 Å². The fraction of sp³-hybridized carbons (Fsp3) is 0.400. The Hall–Kier alpha value is -6.83. The molecule has 0 radical (unpaired) electrons. The van der Waals surface area contributed by atoms with Crippen LogP contribution in [0.3, 0.4) is 0 Å². The summed E-state index contributed by atoms with van der Waals surface area (Å²) in [4.78, 5) is 10.3. The van der Waals surface area contributed by atoms with Crippen LogP contribution in [0.2, 0.25) is 0 Å². The predicted molar refractivity (Wildman–Crippen MR) is 375 cm³/mol. The van der Waals surface area contributed by atoms with Crippen LogP contribution in [0.25, 0.3) is 21.5 Å². The Labute approximate surface area is 562 Å². The summed E-state index contributed by atoms with van der Waals surface area (Å²) in [6.45, 7) is 45.1. The van der Waals surface area contributed by atoms with E-state index < -0.39 is 11.5 Å². The van der Waals surface area contributed by atoms with Crippen molar-refractivity contribution in [1.29, 1.82) is 0 Å². The van der Waals surface area contributed by atoms with E-state index in [2.05, 4.69) is 269 Å². The van der Waals surface area contributed by atoms with E-state index in [1.54, 1.807) is 24.3 Å². The Balaban J connectivity index is 0.000000259. The number of nitrogens with zero attached hydrogens (tertiary/aromatic N) is 2. The van der Waals surface area contributed by atoms with Crippen molar-refractivity contribution in [3.63, 3.8) is 0 Å². The maximum Gasteiger partial charge on any atom is 1.00 e. The van der Waals surface area contributed by atoms with E-state index in [-0.39, 0.29) is 57.7 Å². The Kier molecular flexibility index (Phi) is 27.5. The van der Waals surface area contributed by atoms with E-state index in [4.69, 9.17) is 9.97 Å². The molecule has 482 valence electrons. The fourth-order valence-electron chi connectivity index (χ4n) is 12.0. The number of hydrogen-bond donors (Lipinski definition) is 4. The molecule has 0 bridgehead atoms. The molecule has 2 heterocycles. The summed E-state index contributed by atoms with van der Waals surface area (Å²) in [6.07, 6.45) is 0. The molecule has 0 spiro atoms. The molecule has 0 saturated heterocycles. The summed E-state index contributed by atoms with van der Waals surface area (Å²) < 4.78 is 0. The first-order valence-electron chi connectivity index (χ1n) is 32.6. The number of anilines is 4. The van der Waals surface area contributed by atoms with Crippen molar-refractivity contribution < 1.29 is 43.8 Å². The zero-order valence-electron chi connectivity index (χ0n) is 57.3. The fourth-order valence-corrected chi connectivity index (χ4v) is 12.0. The second kappa shape index (κ2) is 33.5. The zero-order valence-corrected chi connectivity index (χ0v) is 59.4. The molecule has 90 heavy (non-hydrogen) atoms. The normalized spacial score (nSPS) is 12.8. The van der Waals surface area contributed by atoms with Gasteiger partial charge >= 0.3 is 33.6 Å². The van der Waals surface area contributed by atoms with Gasteiger partial charge in [-0.15, -0.1) is 11.5 Å². The van der Waals surface area contributed by atoms with Crippen LogP contribution in [-0.2, 0) is 33.6 Å². The maximum absolute atomic E-state index is 11.8. The van der Waals surface area contributed by atoms with Gasteiger partial charge in [0.25, 0.3) is 0 Å². The third kappa shape index (κ3) is 17.8. The largest absolute Gasteiger partial charge is 1.00 e. The van der Waals surface area contributed by atoms with Gasteiger partial charge in [0.15, 0.2) is 0 Å². The maximum atomic E-state index is 11.8. The van der Waals surface area contributed by atoms with Gasteiger partial charge in [0.05, 0.1) is 46.9 Å². The summed E-state index contributed by atoms with van der Waals surface area (Å²) in [6, 6.07) is 54.4. The van der Waals surface area contributed by atoms with E-state index in [0.717, 1.165) is 33.5 Å². The van der Waals surface area contributed by atoms with Crippen molar-refractivity contribution in [2.24, 2.45) is 0 Å². The number of benzene rings is 7. The topological polar surface area (TPSA) is 120 Å². The van der Waals surface area contributed by atoms with E-state index in [1.165, 1.54) is 67.3 Å². The van der Waals surface area contributed by atoms with Gasteiger partial charge in [-0.05, 0) is 165 Å². The molecule has 0 aliphatic carbocycles. The molecular weight excluding hydrogens is 1190 g/mol. The monoisotopic (exact) mass is 1300 g/mol. The summed E-state index contributed by atoms with van der Waals surface area (Å²) in [5.41, 5.74) is 20.3. The van der Waals surface area contributed by atoms with Gasteiger partial charge in [-0.1, -0.05) is 244 Å². The molecule has 4 N–H and O–H groups in total. The molecule has 0 amide bonds. The van der Waals surface area contributed by atoms with Gasteiger partial charge in [-0.3, -0.25) is 9.97 Å². The number of para-hydroxylation sites is 4. The summed E-state index contributed by atoms with van der Waals surface area (Å²) in [7, 11) is 0. The van der Waals surface area contributed by atoms with Crippen molar-refractivity contribution in [3.05, 3.63) is 225 Å². The van der Waals surface area contributed by atoms with Gasteiger partial charge in [0, 0.05) is 22.7 Å². The van der Waals surface area contributed by atoms with Crippen molar-refractivity contribution in [3.8, 4) is 11.5 Å². The van der Waals surface area contributed by atoms with Crippen LogP contribution in [-0.4, -0.2) is 9.97 Å². The molecule has 0 saturated carbocycles. The first-order chi connectivity index (χ1) is 41.8. The molecule has 8 nitrogen and oxygen atoms in total. The number of nitrogens with one attached hydrogen (secondary N) is 4. The average Bonchev–Trinajstić information content (AvgIpc) is 1.03. The number of fused-ring (bicyclic) bond motifs is 3. The Bertz CT molecular complexity index is 3230. The Morgan fingerprint density at radius 3 is 0.578 bits per heavy atom. The van der Waals surface area contributed by atoms with Crippen LogP contribution in [0, 0.1) is 0 Å². The van der Waals surface area contributed by atoms with Crippen LogP contribution < -0.4 is 31.5 Å². The molecule has 9 aromatic rings. The van der Waals surface area contributed by atoms with Crippen LogP contribution in [0.1, 0.15) is 277 Å². The molecular formula is C80H102Co2N6O2. The molecule has 10 heteroatoms. The van der Waals surface area contributed by atoms with Crippen LogP contribution in [0.4, 0.5) is 22.7 Å². The summed E-state index contributed by atoms with van der Waals surface area (Å²) in [5, 5.41) is 41.7. The van der Waals surface area contributed by atoms with E-state index in [9.17, 15) is 10.2 Å². The van der Waals surface area contributed by atoms with E-state index >= 15 is 0 Å². The van der Waals surface area contributed by atoms with Crippen LogP contribution in [0.5, 0.6) is 11.5 Å². The first-order valence-corrected chi connectivity index (χ1v) is 32.6. The zero-order chi connectivity index (χ0) is 64.3. The molecule has 0 aliphatic rings. The molecule has 4 atom stereocenters. The molecule has 4 unspecified atom stereocenters. The Morgan fingerprint density at radius 1 is 0.233 bits per heavy atom. The SMILES string of the molecule is CC(C)c1cccc(C(C)C)c1NC(C)c1cccc(C(C)Nc2c(C(C)C)cccc2C(C)C)n1.CC(C)c1cccc(C(C)C)c1NC(C)c1cccc(C(C)Nc2c(C(C)C)cccc2C(C)C)n1.[Co+].[Co+].[O-]c1c([O-])c2ccccc2c2ccccc12. The molecule has 0 fully saturated rings. The molecule has 7 aromatic carbocycles. The van der Waals surface area contributed by atoms with E-state index in [1.807, 2.05) is 24.3 Å². The van der Waals surface area contributed by atoms with E-state index in [0.29, 0.717) is 58.1 Å². The second-order valence-corrected chi connectivity index (χ2v) is 26.7. The quantitative estimate of drug-likeness (QED) is 0.0557. The average molecular weight is 1300 g/mol. The van der Waals surface area contributed by atoms with Crippen molar-refractivity contribution in [2.45, 2.75) is 210 Å². The minimum absolute atomic E-state index is 0. The number of hydrogen-bond acceptors (Lipinski definition) is 8. The van der Waals surface area contributed by atoms with Gasteiger partial charge in [0.1, 0.15) is 0 Å². The van der Waals surface area contributed by atoms with Crippen molar-refractivity contribution >= 4 is 44.3 Å². The molecule has 9 rings (SSSR count). The van der Waals surface area contributed by atoms with Crippen LogP contribution >= 0.6 is 0 Å². The predicted octanol–water partition coefficient (Wildman–Crippen LogP) is 22.0. The van der Waals surface area contributed by atoms with Crippen molar-refractivity contribution in [1.82, 2.24) is 9.97 Å². The minimum atomic E-state index is -0.408. The van der Waals surface area contributed by atoms with Gasteiger partial charge in [-0.25, -0.2) is 0 Å². The third-order valence-corrected chi connectivity index (χ3v) is 17.1.